The van der Waals surface area contributed by atoms with Gasteiger partial charge >= 0.3 is 0 Å². The van der Waals surface area contributed by atoms with Gasteiger partial charge in [0.1, 0.15) is 0 Å². The van der Waals surface area contributed by atoms with Gasteiger partial charge in [-0.2, -0.15) is 0 Å². The second-order valence-electron chi connectivity index (χ2n) is 3.82. The minimum absolute atomic E-state index is 0. The molecule has 0 amide bonds. The van der Waals surface area contributed by atoms with Crippen LogP contribution in [0.15, 0.2) is 0 Å². The van der Waals surface area contributed by atoms with Gasteiger partial charge in [-0.15, -0.1) is 12.4 Å². The van der Waals surface area contributed by atoms with E-state index in [0.29, 0.717) is 13.0 Å². The fraction of sp³-hybridized carbons (Fsp3) is 1.00. The van der Waals surface area contributed by atoms with Crippen molar-refractivity contribution in [2.24, 2.45) is 0 Å². The second-order valence-corrected chi connectivity index (χ2v) is 3.82. The molecule has 0 aromatic heterocycles. The van der Waals surface area contributed by atoms with Crippen molar-refractivity contribution in [2.45, 2.75) is 36.8 Å². The molecule has 2 rings (SSSR count). The highest BCUT2D eigenvalue weighted by molar-refractivity contribution is 5.85. The molecule has 2 aliphatic rings. The van der Waals surface area contributed by atoms with Gasteiger partial charge in [0.25, 0.3) is 0 Å². The molecule has 6 heteroatoms. The lowest BCUT2D eigenvalue weighted by atomic mass is 10.0. The predicted molar refractivity (Wildman–Crippen MR) is 51.3 cm³/mol. The molecule has 0 aliphatic carbocycles. The molecule has 2 heterocycles. The summed E-state index contributed by atoms with van der Waals surface area (Å²) in [5, 5.41) is 37.6. The summed E-state index contributed by atoms with van der Waals surface area (Å²) in [5.74, 6) is 0. The summed E-state index contributed by atoms with van der Waals surface area (Å²) in [6.45, 7) is 0.451. The Morgan fingerprint density at radius 1 is 1.14 bits per heavy atom. The van der Waals surface area contributed by atoms with Crippen molar-refractivity contribution in [3.8, 4) is 0 Å². The monoisotopic (exact) mass is 225 g/mol. The third-order valence-corrected chi connectivity index (χ3v) is 3.17. The van der Waals surface area contributed by atoms with E-state index in [0.717, 1.165) is 0 Å². The maximum atomic E-state index is 9.58. The normalized spacial score (nSPS) is 47.6. The maximum absolute atomic E-state index is 9.58. The molecule has 2 aliphatic heterocycles. The Morgan fingerprint density at radius 2 is 1.79 bits per heavy atom. The standard InChI is InChI=1S/C8H15NO4.ClH/c10-3-4-7(12)8(13)6-5(11)1-2-9(4)6;/h4-8,10-13H,1-3H2;1H/t4-,5+,6-,7-,8-;/m1./s1. The summed E-state index contributed by atoms with van der Waals surface area (Å²) in [6.07, 6.45) is -1.86. The lowest BCUT2D eigenvalue weighted by Gasteiger charge is -2.22. The van der Waals surface area contributed by atoms with Crippen LogP contribution in [0.5, 0.6) is 0 Å². The SMILES string of the molecule is Cl.OC[C@@H]1[C@@H](O)[C@H](O)[C@H]2[C@@H](O)CCN21. The van der Waals surface area contributed by atoms with Crippen molar-refractivity contribution in [1.82, 2.24) is 4.90 Å². The second kappa shape index (κ2) is 4.30. The maximum Gasteiger partial charge on any atom is 0.0995 e. The molecule has 0 radical (unpaired) electrons. The molecule has 0 spiro atoms. The summed E-state index contributed by atoms with van der Waals surface area (Å²) in [7, 11) is 0. The number of hydrogen-bond acceptors (Lipinski definition) is 5. The largest absolute Gasteiger partial charge is 0.395 e. The van der Waals surface area contributed by atoms with Gasteiger partial charge in [0.05, 0.1) is 37.0 Å². The van der Waals surface area contributed by atoms with Crippen LogP contribution in [-0.4, -0.2) is 68.9 Å². The zero-order valence-electron chi connectivity index (χ0n) is 7.65. The lowest BCUT2D eigenvalue weighted by molar-refractivity contribution is -0.000895. The highest BCUT2D eigenvalue weighted by Gasteiger charge is 2.52. The number of fused-ring (bicyclic) bond motifs is 1. The molecular weight excluding hydrogens is 210 g/mol. The van der Waals surface area contributed by atoms with E-state index in [1.165, 1.54) is 0 Å². The molecule has 2 fully saturated rings. The Bertz CT molecular complexity index is 206. The molecule has 0 bridgehead atoms. The van der Waals surface area contributed by atoms with Gasteiger partial charge in [-0.25, -0.2) is 0 Å². The molecule has 84 valence electrons. The first-order valence-corrected chi connectivity index (χ1v) is 4.57. The van der Waals surface area contributed by atoms with E-state index in [4.69, 9.17) is 5.11 Å². The lowest BCUT2D eigenvalue weighted by Crippen LogP contribution is -2.39. The summed E-state index contributed by atoms with van der Waals surface area (Å²) in [6, 6.07) is -0.815. The molecule has 2 saturated heterocycles. The zero-order valence-corrected chi connectivity index (χ0v) is 8.47. The van der Waals surface area contributed by atoms with E-state index in [1.807, 2.05) is 0 Å². The average molecular weight is 226 g/mol. The van der Waals surface area contributed by atoms with Gasteiger partial charge in [-0.1, -0.05) is 0 Å². The van der Waals surface area contributed by atoms with Crippen molar-refractivity contribution in [1.29, 1.82) is 0 Å². The van der Waals surface area contributed by atoms with Crippen molar-refractivity contribution < 1.29 is 20.4 Å². The highest BCUT2D eigenvalue weighted by Crippen LogP contribution is 2.33. The Balaban J connectivity index is 0.000000980. The van der Waals surface area contributed by atoms with E-state index in [-0.39, 0.29) is 19.0 Å². The third-order valence-electron chi connectivity index (χ3n) is 3.17. The quantitative estimate of drug-likeness (QED) is 0.413. The molecule has 4 N–H and O–H groups in total. The Hall–Kier alpha value is 0.0900. The van der Waals surface area contributed by atoms with Gasteiger partial charge in [0, 0.05) is 6.54 Å². The predicted octanol–water partition coefficient (Wildman–Crippen LogP) is -2.06. The van der Waals surface area contributed by atoms with Crippen LogP contribution in [0.4, 0.5) is 0 Å². The van der Waals surface area contributed by atoms with E-state index in [2.05, 4.69) is 0 Å². The summed E-state index contributed by atoms with van der Waals surface area (Å²) in [5.41, 5.74) is 0. The van der Waals surface area contributed by atoms with E-state index in [1.54, 1.807) is 4.90 Å². The Morgan fingerprint density at radius 3 is 2.36 bits per heavy atom. The van der Waals surface area contributed by atoms with Crippen LogP contribution >= 0.6 is 12.4 Å². The van der Waals surface area contributed by atoms with Gasteiger partial charge in [0.2, 0.25) is 0 Å². The van der Waals surface area contributed by atoms with E-state index < -0.39 is 30.4 Å². The van der Waals surface area contributed by atoms with Gasteiger partial charge < -0.3 is 20.4 Å². The summed E-state index contributed by atoms with van der Waals surface area (Å²) in [4.78, 5) is 1.79. The number of rotatable bonds is 1. The van der Waals surface area contributed by atoms with E-state index in [9.17, 15) is 15.3 Å². The summed E-state index contributed by atoms with van der Waals surface area (Å²) < 4.78 is 0. The van der Waals surface area contributed by atoms with Gasteiger partial charge in [-0.3, -0.25) is 4.90 Å². The van der Waals surface area contributed by atoms with Crippen LogP contribution in [0, 0.1) is 0 Å². The minimum Gasteiger partial charge on any atom is -0.395 e. The number of hydrogen-bond donors (Lipinski definition) is 4. The van der Waals surface area contributed by atoms with Gasteiger partial charge in [0.15, 0.2) is 0 Å². The molecule has 5 nitrogen and oxygen atoms in total. The zero-order chi connectivity index (χ0) is 9.59. The molecule has 0 unspecified atom stereocenters. The molecular formula is C8H16ClNO4. The smallest absolute Gasteiger partial charge is 0.0995 e. The van der Waals surface area contributed by atoms with Crippen LogP contribution in [-0.2, 0) is 0 Å². The van der Waals surface area contributed by atoms with Crippen LogP contribution in [0.25, 0.3) is 0 Å². The Labute approximate surface area is 88.4 Å². The summed E-state index contributed by atoms with van der Waals surface area (Å²) >= 11 is 0. The van der Waals surface area contributed by atoms with Gasteiger partial charge in [-0.05, 0) is 6.42 Å². The highest BCUT2D eigenvalue weighted by atomic mass is 35.5. The molecule has 0 saturated carbocycles. The van der Waals surface area contributed by atoms with E-state index >= 15 is 0 Å². The van der Waals surface area contributed by atoms with Crippen molar-refractivity contribution in [3.05, 3.63) is 0 Å². The van der Waals surface area contributed by atoms with Crippen LogP contribution in [0.1, 0.15) is 6.42 Å². The molecule has 0 aromatic rings. The van der Waals surface area contributed by atoms with Crippen molar-refractivity contribution in [2.75, 3.05) is 13.2 Å². The number of aliphatic hydroxyl groups is 4. The fourth-order valence-electron chi connectivity index (χ4n) is 2.47. The number of halogens is 1. The van der Waals surface area contributed by atoms with Crippen molar-refractivity contribution in [3.63, 3.8) is 0 Å². The van der Waals surface area contributed by atoms with Crippen LogP contribution < -0.4 is 0 Å². The van der Waals surface area contributed by atoms with Crippen molar-refractivity contribution >= 4 is 12.4 Å². The molecule has 0 aromatic carbocycles. The molecule has 5 atom stereocenters. The number of nitrogens with zero attached hydrogens (tertiary/aromatic N) is 1. The molecule has 14 heavy (non-hydrogen) atoms. The number of aliphatic hydroxyl groups excluding tert-OH is 4. The Kier molecular flexibility index (Phi) is 3.74. The topological polar surface area (TPSA) is 84.2 Å². The average Bonchev–Trinajstić information content (AvgIpc) is 2.57. The first-order chi connectivity index (χ1) is 6.16. The van der Waals surface area contributed by atoms with Crippen LogP contribution in [0.2, 0.25) is 0 Å². The fourth-order valence-corrected chi connectivity index (χ4v) is 2.47. The minimum atomic E-state index is -0.940. The third kappa shape index (κ3) is 1.54. The first kappa shape index (κ1) is 12.2. The first-order valence-electron chi connectivity index (χ1n) is 4.57. The van der Waals surface area contributed by atoms with Crippen LogP contribution in [0.3, 0.4) is 0 Å².